The molecule has 0 aromatic heterocycles. The van der Waals surface area contributed by atoms with Crippen LogP contribution in [0.25, 0.3) is 0 Å². The van der Waals surface area contributed by atoms with Crippen LogP contribution in [0.15, 0.2) is 48.5 Å². The summed E-state index contributed by atoms with van der Waals surface area (Å²) in [6.45, 7) is 2.34. The average Bonchev–Trinajstić information content (AvgIpc) is 2.74. The Kier molecular flexibility index (Phi) is 5.30. The highest BCUT2D eigenvalue weighted by Gasteiger charge is 2.32. The number of benzene rings is 2. The van der Waals surface area contributed by atoms with Gasteiger partial charge in [0.15, 0.2) is 17.3 Å². The Morgan fingerprint density at radius 2 is 1.64 bits per heavy atom. The second-order valence-electron chi connectivity index (χ2n) is 7.25. The molecule has 2 aliphatic rings. The van der Waals surface area contributed by atoms with Crippen molar-refractivity contribution < 1.29 is 19.1 Å². The summed E-state index contributed by atoms with van der Waals surface area (Å²) >= 11 is 0. The summed E-state index contributed by atoms with van der Waals surface area (Å²) < 4.78 is 11.1. The molecule has 4 rings (SSSR count). The number of carbonyl (C=O) groups excluding carboxylic acids is 2. The first-order valence-corrected chi connectivity index (χ1v) is 9.65. The zero-order valence-electron chi connectivity index (χ0n) is 15.7. The summed E-state index contributed by atoms with van der Waals surface area (Å²) in [5.74, 6) is 1.01. The number of ketones is 1. The van der Waals surface area contributed by atoms with Gasteiger partial charge in [-0.15, -0.1) is 0 Å². The first kappa shape index (κ1) is 18.5. The lowest BCUT2D eigenvalue weighted by Gasteiger charge is -2.36. The number of amides is 1. The van der Waals surface area contributed by atoms with Crippen LogP contribution in [0.4, 0.5) is 0 Å². The van der Waals surface area contributed by atoms with Gasteiger partial charge in [0.25, 0.3) is 0 Å². The summed E-state index contributed by atoms with van der Waals surface area (Å²) in [6, 6.07) is 14.5. The number of carbonyl (C=O) groups is 2. The van der Waals surface area contributed by atoms with E-state index >= 15 is 0 Å². The molecular weight excluding hydrogens is 356 g/mol. The van der Waals surface area contributed by atoms with Crippen LogP contribution in [0, 0.1) is 5.92 Å². The van der Waals surface area contributed by atoms with Gasteiger partial charge >= 0.3 is 0 Å². The Hall–Kier alpha value is -2.86. The predicted molar refractivity (Wildman–Crippen MR) is 104 cm³/mol. The van der Waals surface area contributed by atoms with Crippen LogP contribution in [0.2, 0.25) is 0 Å². The molecule has 0 aliphatic carbocycles. The molecular formula is C22H24N2O4. The molecule has 1 saturated heterocycles. The molecule has 2 aromatic rings. The number of likely N-dealkylation sites (tertiary alicyclic amines) is 1. The van der Waals surface area contributed by atoms with Crippen molar-refractivity contribution in [3.63, 3.8) is 0 Å². The first-order chi connectivity index (χ1) is 13.6. The van der Waals surface area contributed by atoms with E-state index in [1.165, 1.54) is 0 Å². The van der Waals surface area contributed by atoms with Crippen molar-refractivity contribution in [2.24, 2.45) is 11.7 Å². The molecule has 1 fully saturated rings. The van der Waals surface area contributed by atoms with Gasteiger partial charge in [-0.25, -0.2) is 0 Å². The van der Waals surface area contributed by atoms with Gasteiger partial charge in [0, 0.05) is 11.5 Å². The van der Waals surface area contributed by atoms with Gasteiger partial charge in [0.2, 0.25) is 5.91 Å². The minimum atomic E-state index is -0.452. The first-order valence-electron chi connectivity index (χ1n) is 9.65. The maximum absolute atomic E-state index is 13.0. The Bertz CT molecular complexity index is 860. The third kappa shape index (κ3) is 3.73. The van der Waals surface area contributed by atoms with E-state index < -0.39 is 6.04 Å². The van der Waals surface area contributed by atoms with E-state index in [4.69, 9.17) is 15.2 Å². The molecule has 0 saturated carbocycles. The van der Waals surface area contributed by atoms with Crippen LogP contribution in [0.3, 0.4) is 0 Å². The standard InChI is InChI=1S/C22H24N2O4/c23-22(26)20(15-4-2-1-3-5-15)24-10-8-16(9-11-24)21(25)17-6-7-18-19(14-17)28-13-12-27-18/h1-7,14,16,20H,8-13H2,(H2,23,26)/t20-/m1/s1. The SMILES string of the molecule is NC(=O)[C@@H](c1ccccc1)N1CCC(C(=O)c2ccc3c(c2)OCCO3)CC1. The van der Waals surface area contributed by atoms with E-state index in [1.54, 1.807) is 18.2 Å². The minimum Gasteiger partial charge on any atom is -0.486 e. The maximum atomic E-state index is 13.0. The third-order valence-electron chi connectivity index (χ3n) is 5.48. The van der Waals surface area contributed by atoms with Gasteiger partial charge in [-0.2, -0.15) is 0 Å². The number of primary amides is 1. The topological polar surface area (TPSA) is 81.9 Å². The Balaban J connectivity index is 1.43. The Morgan fingerprint density at radius 1 is 0.964 bits per heavy atom. The van der Waals surface area contributed by atoms with Crippen LogP contribution < -0.4 is 15.2 Å². The summed E-state index contributed by atoms with van der Waals surface area (Å²) in [5.41, 5.74) is 7.22. The Labute approximate surface area is 164 Å². The molecule has 6 heteroatoms. The van der Waals surface area contributed by atoms with E-state index in [9.17, 15) is 9.59 Å². The molecule has 1 amide bonds. The maximum Gasteiger partial charge on any atom is 0.239 e. The van der Waals surface area contributed by atoms with Gasteiger partial charge in [-0.1, -0.05) is 30.3 Å². The molecule has 0 radical (unpaired) electrons. The normalized spacial score (nSPS) is 18.4. The lowest BCUT2D eigenvalue weighted by atomic mass is 9.87. The number of nitrogens with two attached hydrogens (primary N) is 1. The fourth-order valence-electron chi connectivity index (χ4n) is 4.04. The summed E-state index contributed by atoms with van der Waals surface area (Å²) in [5, 5.41) is 0. The fraction of sp³-hybridized carbons (Fsp3) is 0.364. The van der Waals surface area contributed by atoms with Gasteiger partial charge in [0.1, 0.15) is 19.3 Å². The molecule has 0 unspecified atom stereocenters. The molecule has 6 nitrogen and oxygen atoms in total. The van der Waals surface area contributed by atoms with Crippen LogP contribution in [0.1, 0.15) is 34.8 Å². The molecule has 2 N–H and O–H groups in total. The van der Waals surface area contributed by atoms with Crippen molar-refractivity contribution in [2.75, 3.05) is 26.3 Å². The molecule has 2 heterocycles. The quantitative estimate of drug-likeness (QED) is 0.807. The van der Waals surface area contributed by atoms with Crippen LogP contribution in [0.5, 0.6) is 11.5 Å². The van der Waals surface area contributed by atoms with E-state index in [0.29, 0.717) is 56.2 Å². The number of Topliss-reactive ketones (excluding diaryl/α,β-unsaturated/α-hetero) is 1. The number of hydrogen-bond donors (Lipinski definition) is 1. The fourth-order valence-corrected chi connectivity index (χ4v) is 4.04. The van der Waals surface area contributed by atoms with Gasteiger partial charge in [-0.05, 0) is 49.7 Å². The van der Waals surface area contributed by atoms with Crippen LogP contribution in [-0.4, -0.2) is 42.9 Å². The van der Waals surface area contributed by atoms with E-state index in [2.05, 4.69) is 4.90 Å². The average molecular weight is 380 g/mol. The number of rotatable bonds is 5. The molecule has 146 valence electrons. The number of piperidine rings is 1. The highest BCUT2D eigenvalue weighted by Crippen LogP contribution is 2.33. The van der Waals surface area contributed by atoms with Crippen LogP contribution in [-0.2, 0) is 4.79 Å². The lowest BCUT2D eigenvalue weighted by molar-refractivity contribution is -0.124. The molecule has 1 atom stereocenters. The number of hydrogen-bond acceptors (Lipinski definition) is 5. The minimum absolute atomic E-state index is 0.0666. The van der Waals surface area contributed by atoms with E-state index in [-0.39, 0.29) is 17.6 Å². The Morgan fingerprint density at radius 3 is 2.32 bits per heavy atom. The molecule has 0 spiro atoms. The summed E-state index contributed by atoms with van der Waals surface area (Å²) in [4.78, 5) is 27.1. The van der Waals surface area contributed by atoms with E-state index in [0.717, 1.165) is 5.56 Å². The zero-order chi connectivity index (χ0) is 19.5. The largest absolute Gasteiger partial charge is 0.486 e. The second kappa shape index (κ2) is 8.02. The number of ether oxygens (including phenoxy) is 2. The molecule has 28 heavy (non-hydrogen) atoms. The molecule has 2 aliphatic heterocycles. The monoisotopic (exact) mass is 380 g/mol. The van der Waals surface area contributed by atoms with Crippen molar-refractivity contribution in [1.29, 1.82) is 0 Å². The molecule has 2 aromatic carbocycles. The molecule has 0 bridgehead atoms. The smallest absolute Gasteiger partial charge is 0.239 e. The summed E-state index contributed by atoms with van der Waals surface area (Å²) in [6.07, 6.45) is 1.40. The second-order valence-corrected chi connectivity index (χ2v) is 7.25. The van der Waals surface area contributed by atoms with Crippen LogP contribution >= 0.6 is 0 Å². The summed E-state index contributed by atoms with van der Waals surface area (Å²) in [7, 11) is 0. The number of nitrogens with zero attached hydrogens (tertiary/aromatic N) is 1. The van der Waals surface area contributed by atoms with Crippen molar-refractivity contribution in [3.05, 3.63) is 59.7 Å². The third-order valence-corrected chi connectivity index (χ3v) is 5.48. The lowest BCUT2D eigenvalue weighted by Crippen LogP contribution is -2.43. The van der Waals surface area contributed by atoms with Crippen molar-refractivity contribution in [3.8, 4) is 11.5 Å². The van der Waals surface area contributed by atoms with Crippen molar-refractivity contribution in [1.82, 2.24) is 4.90 Å². The van der Waals surface area contributed by atoms with E-state index in [1.807, 2.05) is 30.3 Å². The highest BCUT2D eigenvalue weighted by molar-refractivity contribution is 5.98. The zero-order valence-corrected chi connectivity index (χ0v) is 15.7. The van der Waals surface area contributed by atoms with Gasteiger partial charge in [-0.3, -0.25) is 14.5 Å². The van der Waals surface area contributed by atoms with Gasteiger partial charge in [0.05, 0.1) is 0 Å². The van der Waals surface area contributed by atoms with Crippen molar-refractivity contribution in [2.45, 2.75) is 18.9 Å². The van der Waals surface area contributed by atoms with Crippen molar-refractivity contribution >= 4 is 11.7 Å². The van der Waals surface area contributed by atoms with Gasteiger partial charge < -0.3 is 15.2 Å². The highest BCUT2D eigenvalue weighted by atomic mass is 16.6. The number of fused-ring (bicyclic) bond motifs is 1. The predicted octanol–water partition coefficient (Wildman–Crippen LogP) is 2.58.